The van der Waals surface area contributed by atoms with Crippen LogP contribution in [0.4, 0.5) is 5.69 Å². The molecule has 0 saturated carbocycles. The predicted octanol–water partition coefficient (Wildman–Crippen LogP) is 3.73. The Morgan fingerprint density at radius 2 is 2.08 bits per heavy atom. The smallest absolute Gasteiger partial charge is 0.0652 e. The summed E-state index contributed by atoms with van der Waals surface area (Å²) in [5, 5.41) is 4.52. The summed E-state index contributed by atoms with van der Waals surface area (Å²) in [7, 11) is 0. The third-order valence-corrected chi connectivity index (χ3v) is 2.45. The van der Waals surface area contributed by atoms with Gasteiger partial charge in [0, 0.05) is 11.6 Å². The van der Waals surface area contributed by atoms with Crippen molar-refractivity contribution < 1.29 is 0 Å². The van der Waals surface area contributed by atoms with E-state index in [1.165, 1.54) is 0 Å². The molecule has 4 heteroatoms. The van der Waals surface area contributed by atoms with Crippen LogP contribution in [0.15, 0.2) is 18.2 Å². The Morgan fingerprint density at radius 1 is 1.31 bits per heavy atom. The summed E-state index contributed by atoms with van der Waals surface area (Å²) < 4.78 is 0. The van der Waals surface area contributed by atoms with E-state index in [9.17, 15) is 0 Å². The molecule has 0 unspecified atom stereocenters. The van der Waals surface area contributed by atoms with Crippen molar-refractivity contribution >= 4 is 41.5 Å². The van der Waals surface area contributed by atoms with Crippen molar-refractivity contribution in [1.29, 1.82) is 0 Å². The molecule has 0 aliphatic rings. The topological polar surface area (TPSA) is 12.0 Å². The van der Waals surface area contributed by atoms with Gasteiger partial charge in [-0.1, -0.05) is 23.2 Å². The van der Waals surface area contributed by atoms with Gasteiger partial charge in [0.25, 0.3) is 0 Å². The quantitative estimate of drug-likeness (QED) is 0.599. The first-order chi connectivity index (χ1) is 6.24. The van der Waals surface area contributed by atoms with Gasteiger partial charge >= 0.3 is 0 Å². The van der Waals surface area contributed by atoms with Crippen LogP contribution in [0, 0.1) is 0 Å². The summed E-state index contributed by atoms with van der Waals surface area (Å²) in [4.78, 5) is 0. The lowest BCUT2D eigenvalue weighted by Gasteiger charge is -2.07. The van der Waals surface area contributed by atoms with E-state index in [2.05, 4.69) is 17.9 Å². The minimum atomic E-state index is 0.657. The van der Waals surface area contributed by atoms with E-state index in [0.717, 1.165) is 24.4 Å². The molecule has 1 aromatic rings. The van der Waals surface area contributed by atoms with Crippen LogP contribution in [0.3, 0.4) is 0 Å². The molecule has 0 saturated heterocycles. The Morgan fingerprint density at radius 3 is 2.69 bits per heavy atom. The van der Waals surface area contributed by atoms with Gasteiger partial charge in [0.15, 0.2) is 0 Å². The van der Waals surface area contributed by atoms with Gasteiger partial charge in [-0.05, 0) is 30.4 Å². The van der Waals surface area contributed by atoms with Crippen molar-refractivity contribution in [2.45, 2.75) is 6.42 Å². The lowest BCUT2D eigenvalue weighted by atomic mass is 10.3. The predicted molar refractivity (Wildman–Crippen MR) is 63.4 cm³/mol. The van der Waals surface area contributed by atoms with Gasteiger partial charge in [0.1, 0.15) is 0 Å². The average molecular weight is 236 g/mol. The zero-order chi connectivity index (χ0) is 9.68. The Labute approximate surface area is 93.8 Å². The molecule has 13 heavy (non-hydrogen) atoms. The van der Waals surface area contributed by atoms with Crippen LogP contribution in [-0.4, -0.2) is 12.3 Å². The minimum absolute atomic E-state index is 0.657. The lowest BCUT2D eigenvalue weighted by molar-refractivity contribution is 0.995. The normalized spacial score (nSPS) is 10.1. The molecule has 1 rings (SSSR count). The van der Waals surface area contributed by atoms with Crippen molar-refractivity contribution in [3.63, 3.8) is 0 Å². The zero-order valence-corrected chi connectivity index (χ0v) is 9.46. The van der Waals surface area contributed by atoms with Crippen molar-refractivity contribution in [3.05, 3.63) is 28.2 Å². The first kappa shape index (κ1) is 11.0. The molecule has 1 aromatic carbocycles. The monoisotopic (exact) mass is 235 g/mol. The number of rotatable bonds is 4. The highest BCUT2D eigenvalue weighted by atomic mass is 35.5. The van der Waals surface area contributed by atoms with Gasteiger partial charge in [-0.15, -0.1) is 0 Å². The SMILES string of the molecule is SCCCNc1ccc(Cl)cc1Cl. The summed E-state index contributed by atoms with van der Waals surface area (Å²) >= 11 is 15.8. The lowest BCUT2D eigenvalue weighted by Crippen LogP contribution is -2.02. The van der Waals surface area contributed by atoms with Crippen molar-refractivity contribution in [2.75, 3.05) is 17.6 Å². The first-order valence-corrected chi connectivity index (χ1v) is 5.42. The number of halogens is 2. The highest BCUT2D eigenvalue weighted by Crippen LogP contribution is 2.25. The summed E-state index contributed by atoms with van der Waals surface area (Å²) in [5.41, 5.74) is 0.924. The molecule has 72 valence electrons. The summed E-state index contributed by atoms with van der Waals surface area (Å²) in [6.07, 6.45) is 1.02. The Kier molecular flexibility index (Phi) is 4.78. The van der Waals surface area contributed by atoms with E-state index in [0.29, 0.717) is 10.0 Å². The van der Waals surface area contributed by atoms with Gasteiger partial charge in [0.2, 0.25) is 0 Å². The van der Waals surface area contributed by atoms with Crippen LogP contribution in [0.25, 0.3) is 0 Å². The molecular weight excluding hydrogens is 225 g/mol. The van der Waals surface area contributed by atoms with Crippen LogP contribution < -0.4 is 5.32 Å². The van der Waals surface area contributed by atoms with E-state index in [-0.39, 0.29) is 0 Å². The Bertz CT molecular complexity index is 278. The Hall–Kier alpha value is -0.0500. The maximum Gasteiger partial charge on any atom is 0.0652 e. The number of thiol groups is 1. The van der Waals surface area contributed by atoms with Crippen molar-refractivity contribution in [2.24, 2.45) is 0 Å². The van der Waals surface area contributed by atoms with E-state index >= 15 is 0 Å². The zero-order valence-electron chi connectivity index (χ0n) is 7.06. The minimum Gasteiger partial charge on any atom is -0.384 e. The van der Waals surface area contributed by atoms with E-state index in [1.54, 1.807) is 6.07 Å². The molecule has 0 amide bonds. The fourth-order valence-electron chi connectivity index (χ4n) is 0.935. The average Bonchev–Trinajstić information content (AvgIpc) is 2.09. The van der Waals surface area contributed by atoms with Crippen LogP contribution in [0.2, 0.25) is 10.0 Å². The first-order valence-electron chi connectivity index (χ1n) is 4.04. The number of nitrogens with one attached hydrogen (secondary N) is 1. The van der Waals surface area contributed by atoms with Crippen molar-refractivity contribution in [3.8, 4) is 0 Å². The molecular formula is C9H11Cl2NS. The summed E-state index contributed by atoms with van der Waals surface area (Å²) in [5.74, 6) is 0.873. The van der Waals surface area contributed by atoms with E-state index in [4.69, 9.17) is 23.2 Å². The second-order valence-electron chi connectivity index (χ2n) is 2.63. The van der Waals surface area contributed by atoms with E-state index in [1.807, 2.05) is 12.1 Å². The molecule has 0 radical (unpaired) electrons. The molecule has 0 bridgehead atoms. The molecule has 0 atom stereocenters. The van der Waals surface area contributed by atoms with Crippen LogP contribution in [0.1, 0.15) is 6.42 Å². The van der Waals surface area contributed by atoms with Gasteiger partial charge in [-0.2, -0.15) is 12.6 Å². The Balaban J connectivity index is 2.56. The molecule has 1 N–H and O–H groups in total. The fourth-order valence-corrected chi connectivity index (χ4v) is 1.57. The van der Waals surface area contributed by atoms with Gasteiger partial charge < -0.3 is 5.32 Å². The number of hydrogen-bond acceptors (Lipinski definition) is 2. The standard InChI is InChI=1S/C9H11Cl2NS/c10-7-2-3-9(8(11)6-7)12-4-1-5-13/h2-3,6,12-13H,1,4-5H2. The van der Waals surface area contributed by atoms with Gasteiger partial charge in [0.05, 0.1) is 10.7 Å². The molecule has 0 aromatic heterocycles. The molecule has 0 aliphatic carbocycles. The van der Waals surface area contributed by atoms with Gasteiger partial charge in [-0.3, -0.25) is 0 Å². The number of hydrogen-bond donors (Lipinski definition) is 2. The third-order valence-electron chi connectivity index (χ3n) is 1.58. The van der Waals surface area contributed by atoms with Gasteiger partial charge in [-0.25, -0.2) is 0 Å². The highest BCUT2D eigenvalue weighted by molar-refractivity contribution is 7.80. The van der Waals surface area contributed by atoms with Crippen LogP contribution in [0.5, 0.6) is 0 Å². The largest absolute Gasteiger partial charge is 0.384 e. The second kappa shape index (κ2) is 5.63. The highest BCUT2D eigenvalue weighted by Gasteiger charge is 1.99. The number of benzene rings is 1. The molecule has 0 spiro atoms. The van der Waals surface area contributed by atoms with Crippen molar-refractivity contribution in [1.82, 2.24) is 0 Å². The van der Waals surface area contributed by atoms with Crippen LogP contribution >= 0.6 is 35.8 Å². The van der Waals surface area contributed by atoms with E-state index < -0.39 is 0 Å². The second-order valence-corrected chi connectivity index (χ2v) is 3.92. The maximum atomic E-state index is 5.94. The molecule has 0 aliphatic heterocycles. The molecule has 0 heterocycles. The molecule has 1 nitrogen and oxygen atoms in total. The fraction of sp³-hybridized carbons (Fsp3) is 0.333. The number of anilines is 1. The van der Waals surface area contributed by atoms with Crippen LogP contribution in [-0.2, 0) is 0 Å². The third kappa shape index (κ3) is 3.67. The maximum absolute atomic E-state index is 5.94. The summed E-state index contributed by atoms with van der Waals surface area (Å²) in [6, 6.07) is 5.42. The molecule has 0 fully saturated rings. The summed E-state index contributed by atoms with van der Waals surface area (Å²) in [6.45, 7) is 0.880.